The van der Waals surface area contributed by atoms with E-state index in [9.17, 15) is 0 Å². The molecule has 230 valence electrons. The van der Waals surface area contributed by atoms with E-state index in [2.05, 4.69) is 191 Å². The molecule has 0 fully saturated rings. The monoisotopic (exact) mass is 642 g/mol. The van der Waals surface area contributed by atoms with Crippen molar-refractivity contribution >= 4 is 81.1 Å². The third-order valence-electron chi connectivity index (χ3n) is 9.74. The smallest absolute Gasteiger partial charge is 0.0640 e. The molecule has 10 rings (SSSR count). The summed E-state index contributed by atoms with van der Waals surface area (Å²) in [5, 5.41) is 7.50. The van der Waals surface area contributed by atoms with Crippen molar-refractivity contribution in [1.82, 2.24) is 4.57 Å². The Balaban J connectivity index is 1.34. The molecular weight excluding hydrogens is 613 g/mol. The van der Waals surface area contributed by atoms with Gasteiger partial charge in [-0.2, -0.15) is 0 Å². The summed E-state index contributed by atoms with van der Waals surface area (Å²) in [6.45, 7) is 0. The Morgan fingerprint density at radius 3 is 1.88 bits per heavy atom. The van der Waals surface area contributed by atoms with E-state index in [1.807, 2.05) is 11.3 Å². The zero-order chi connectivity index (χ0) is 32.3. The zero-order valence-corrected chi connectivity index (χ0v) is 27.4. The van der Waals surface area contributed by atoms with Gasteiger partial charge in [0.2, 0.25) is 0 Å². The summed E-state index contributed by atoms with van der Waals surface area (Å²) < 4.78 is 5.02. The molecule has 2 aromatic heterocycles. The summed E-state index contributed by atoms with van der Waals surface area (Å²) in [5.41, 5.74) is 9.46. The molecule has 0 unspecified atom stereocenters. The van der Waals surface area contributed by atoms with Crippen LogP contribution >= 0.6 is 11.3 Å². The van der Waals surface area contributed by atoms with E-state index >= 15 is 0 Å². The summed E-state index contributed by atoms with van der Waals surface area (Å²) in [7, 11) is 0. The second kappa shape index (κ2) is 11.2. The van der Waals surface area contributed by atoms with Crippen molar-refractivity contribution < 1.29 is 0 Å². The van der Waals surface area contributed by atoms with Crippen molar-refractivity contribution in [3.63, 3.8) is 0 Å². The van der Waals surface area contributed by atoms with Gasteiger partial charge in [-0.25, -0.2) is 0 Å². The van der Waals surface area contributed by atoms with Crippen LogP contribution in [0.15, 0.2) is 182 Å². The van der Waals surface area contributed by atoms with Gasteiger partial charge in [-0.15, -0.1) is 11.3 Å². The average molecular weight is 643 g/mol. The molecule has 2 heterocycles. The number of hydrogen-bond donors (Lipinski definition) is 0. The Labute approximate surface area is 288 Å². The highest BCUT2D eigenvalue weighted by Crippen LogP contribution is 2.49. The molecule has 0 aliphatic carbocycles. The van der Waals surface area contributed by atoms with Gasteiger partial charge < -0.3 is 9.47 Å². The Hall–Kier alpha value is -6.16. The number of hydrogen-bond acceptors (Lipinski definition) is 2. The highest BCUT2D eigenvalue weighted by molar-refractivity contribution is 7.26. The molecule has 0 aliphatic rings. The third kappa shape index (κ3) is 4.40. The lowest BCUT2D eigenvalue weighted by Crippen LogP contribution is -2.11. The standard InChI is InChI=1S/C46H30N2S/c1-3-15-31(16-4-1)32-17-13-20-34(29-32)47(42-27-14-25-39-37-23-10-12-28-44(37)49-46(39)42)43-30-40-36-22-9-11-26-41(36)48(33-18-5-2-6-19-33)45(40)38-24-8-7-21-35(38)43/h1-30H. The maximum absolute atomic E-state index is 2.50. The maximum atomic E-state index is 2.50. The molecule has 0 saturated heterocycles. The van der Waals surface area contributed by atoms with Gasteiger partial charge in [-0.3, -0.25) is 0 Å². The largest absolute Gasteiger partial charge is 0.309 e. The van der Waals surface area contributed by atoms with Crippen LogP contribution < -0.4 is 4.90 Å². The number of nitrogens with zero attached hydrogens (tertiary/aromatic N) is 2. The minimum Gasteiger partial charge on any atom is -0.309 e. The SMILES string of the molecule is c1ccc(-c2cccc(N(c3cc4c5ccccc5n(-c5ccccc5)c4c4ccccc34)c3cccc4c3sc3ccccc34)c2)cc1. The number of fused-ring (bicyclic) bond motifs is 8. The molecule has 49 heavy (non-hydrogen) atoms. The van der Waals surface area contributed by atoms with E-state index in [-0.39, 0.29) is 0 Å². The van der Waals surface area contributed by atoms with Crippen molar-refractivity contribution in [2.45, 2.75) is 0 Å². The first kappa shape index (κ1) is 27.9. The Morgan fingerprint density at radius 2 is 1.04 bits per heavy atom. The fourth-order valence-electron chi connectivity index (χ4n) is 7.61. The molecule has 0 spiro atoms. The first-order valence-corrected chi connectivity index (χ1v) is 17.5. The molecule has 0 bridgehead atoms. The number of anilines is 3. The van der Waals surface area contributed by atoms with Gasteiger partial charge in [0.05, 0.1) is 27.1 Å². The summed E-state index contributed by atoms with van der Waals surface area (Å²) in [6.07, 6.45) is 0. The Bertz CT molecular complexity index is 2830. The van der Waals surface area contributed by atoms with Crippen LogP contribution in [0.3, 0.4) is 0 Å². The van der Waals surface area contributed by atoms with Crippen LogP contribution in [0.25, 0.3) is 69.6 Å². The molecule has 8 aromatic carbocycles. The van der Waals surface area contributed by atoms with E-state index < -0.39 is 0 Å². The van der Waals surface area contributed by atoms with Gasteiger partial charge in [-0.1, -0.05) is 133 Å². The molecule has 2 nitrogen and oxygen atoms in total. The predicted molar refractivity (Wildman–Crippen MR) is 211 cm³/mol. The first-order valence-electron chi connectivity index (χ1n) is 16.7. The molecular formula is C46H30N2S. The van der Waals surface area contributed by atoms with E-state index in [0.29, 0.717) is 0 Å². The lowest BCUT2D eigenvalue weighted by Gasteiger charge is -2.28. The zero-order valence-electron chi connectivity index (χ0n) is 26.6. The molecule has 0 N–H and O–H groups in total. The second-order valence-electron chi connectivity index (χ2n) is 12.5. The van der Waals surface area contributed by atoms with Gasteiger partial charge in [0.15, 0.2) is 0 Å². The summed E-state index contributed by atoms with van der Waals surface area (Å²) >= 11 is 1.87. The molecule has 3 heteroatoms. The highest BCUT2D eigenvalue weighted by Gasteiger charge is 2.24. The lowest BCUT2D eigenvalue weighted by molar-refractivity contribution is 1.19. The maximum Gasteiger partial charge on any atom is 0.0640 e. The minimum absolute atomic E-state index is 1.13. The molecule has 0 radical (unpaired) electrons. The molecule has 0 atom stereocenters. The van der Waals surface area contributed by atoms with Crippen molar-refractivity contribution in [2.75, 3.05) is 4.90 Å². The number of aromatic nitrogens is 1. The molecule has 0 saturated carbocycles. The van der Waals surface area contributed by atoms with Crippen molar-refractivity contribution in [1.29, 1.82) is 0 Å². The van der Waals surface area contributed by atoms with E-state index in [1.165, 1.54) is 69.6 Å². The van der Waals surface area contributed by atoms with Crippen molar-refractivity contribution in [2.24, 2.45) is 0 Å². The third-order valence-corrected chi connectivity index (χ3v) is 11.0. The fraction of sp³-hybridized carbons (Fsp3) is 0. The normalized spacial score (nSPS) is 11.7. The Morgan fingerprint density at radius 1 is 0.408 bits per heavy atom. The van der Waals surface area contributed by atoms with Crippen LogP contribution in [0.1, 0.15) is 0 Å². The van der Waals surface area contributed by atoms with E-state index in [0.717, 1.165) is 17.1 Å². The number of rotatable bonds is 5. The topological polar surface area (TPSA) is 8.17 Å². The second-order valence-corrected chi connectivity index (χ2v) is 13.6. The molecule has 10 aromatic rings. The number of thiophene rings is 1. The van der Waals surface area contributed by atoms with Crippen molar-refractivity contribution in [3.8, 4) is 16.8 Å². The summed E-state index contributed by atoms with van der Waals surface area (Å²) in [5.74, 6) is 0. The van der Waals surface area contributed by atoms with Gasteiger partial charge in [0.1, 0.15) is 0 Å². The average Bonchev–Trinajstić information content (AvgIpc) is 3.72. The van der Waals surface area contributed by atoms with Crippen LogP contribution in [0.2, 0.25) is 0 Å². The van der Waals surface area contributed by atoms with Crippen molar-refractivity contribution in [3.05, 3.63) is 182 Å². The first-order chi connectivity index (χ1) is 24.3. The van der Waals surface area contributed by atoms with Gasteiger partial charge in [0, 0.05) is 48.4 Å². The van der Waals surface area contributed by atoms with Gasteiger partial charge in [0.25, 0.3) is 0 Å². The van der Waals surface area contributed by atoms with Crippen LogP contribution in [-0.4, -0.2) is 4.57 Å². The number of benzene rings is 8. The van der Waals surface area contributed by atoms with Gasteiger partial charge in [-0.05, 0) is 59.7 Å². The summed E-state index contributed by atoms with van der Waals surface area (Å²) in [4.78, 5) is 2.50. The van der Waals surface area contributed by atoms with Crippen LogP contribution in [-0.2, 0) is 0 Å². The quantitative estimate of drug-likeness (QED) is 0.181. The van der Waals surface area contributed by atoms with Crippen LogP contribution in [0.5, 0.6) is 0 Å². The minimum atomic E-state index is 1.13. The van der Waals surface area contributed by atoms with Crippen LogP contribution in [0, 0.1) is 0 Å². The predicted octanol–water partition coefficient (Wildman–Crippen LogP) is 13.4. The van der Waals surface area contributed by atoms with E-state index in [4.69, 9.17) is 0 Å². The lowest BCUT2D eigenvalue weighted by atomic mass is 10.0. The highest BCUT2D eigenvalue weighted by atomic mass is 32.1. The van der Waals surface area contributed by atoms with Crippen LogP contribution in [0.4, 0.5) is 17.1 Å². The van der Waals surface area contributed by atoms with E-state index in [1.54, 1.807) is 0 Å². The number of para-hydroxylation sites is 2. The Kier molecular flexibility index (Phi) is 6.39. The molecule has 0 amide bonds. The van der Waals surface area contributed by atoms with Gasteiger partial charge >= 0.3 is 0 Å². The fourth-order valence-corrected chi connectivity index (χ4v) is 8.81. The molecule has 0 aliphatic heterocycles. The summed E-state index contributed by atoms with van der Waals surface area (Å²) in [6, 6.07) is 66.2.